The summed E-state index contributed by atoms with van der Waals surface area (Å²) in [5, 5.41) is 11.1. The average Bonchev–Trinajstić information content (AvgIpc) is 3.09. The van der Waals surface area contributed by atoms with E-state index >= 15 is 0 Å². The van der Waals surface area contributed by atoms with Gasteiger partial charge in [-0.05, 0) is 54.8 Å². The Bertz CT molecular complexity index is 998. The first-order chi connectivity index (χ1) is 16.0. The molecule has 176 valence electrons. The third kappa shape index (κ3) is 5.54. The number of carbonyl (C=O) groups excluding carboxylic acids is 2. The molecule has 1 aliphatic heterocycles. The van der Waals surface area contributed by atoms with Crippen molar-refractivity contribution >= 4 is 17.4 Å². The minimum Gasteiger partial charge on any atom is -0.507 e. The lowest BCUT2D eigenvalue weighted by Crippen LogP contribution is -2.32. The van der Waals surface area contributed by atoms with Crippen LogP contribution in [0.3, 0.4) is 0 Å². The van der Waals surface area contributed by atoms with E-state index in [1.807, 2.05) is 32.0 Å². The van der Waals surface area contributed by atoms with Crippen LogP contribution in [0.15, 0.2) is 54.1 Å². The molecule has 0 aromatic heterocycles. The number of amides is 1. The zero-order chi connectivity index (χ0) is 23.8. The van der Waals surface area contributed by atoms with Crippen molar-refractivity contribution in [3.8, 4) is 11.5 Å². The number of hydrogen-bond acceptors (Lipinski definition) is 6. The maximum Gasteiger partial charge on any atom is 0.295 e. The lowest BCUT2D eigenvalue weighted by molar-refractivity contribution is -0.140. The van der Waals surface area contributed by atoms with E-state index in [9.17, 15) is 14.7 Å². The van der Waals surface area contributed by atoms with Crippen molar-refractivity contribution in [2.24, 2.45) is 0 Å². The minimum atomic E-state index is -0.749. The summed E-state index contributed by atoms with van der Waals surface area (Å²) in [6.07, 6.45) is 1.74. The van der Waals surface area contributed by atoms with E-state index < -0.39 is 17.7 Å². The molecule has 7 nitrogen and oxygen atoms in total. The molecule has 1 N–H and O–H groups in total. The van der Waals surface area contributed by atoms with Crippen molar-refractivity contribution in [1.29, 1.82) is 0 Å². The van der Waals surface area contributed by atoms with Crippen LogP contribution >= 0.6 is 0 Å². The molecule has 0 radical (unpaired) electrons. The van der Waals surface area contributed by atoms with E-state index in [4.69, 9.17) is 14.2 Å². The molecule has 1 aliphatic rings. The Kier molecular flexibility index (Phi) is 8.49. The normalized spacial score (nSPS) is 17.4. The van der Waals surface area contributed by atoms with E-state index in [1.54, 1.807) is 30.3 Å². The molecule has 0 spiro atoms. The highest BCUT2D eigenvalue weighted by Crippen LogP contribution is 2.40. The maximum absolute atomic E-state index is 13.0. The molecule has 0 bridgehead atoms. The Hall–Kier alpha value is -3.32. The molecule has 1 amide bonds. The van der Waals surface area contributed by atoms with Gasteiger partial charge in [-0.3, -0.25) is 9.59 Å². The van der Waals surface area contributed by atoms with Crippen LogP contribution in [-0.2, 0) is 14.3 Å². The average molecular weight is 454 g/mol. The number of rotatable bonds is 11. The lowest BCUT2D eigenvalue weighted by atomic mass is 9.95. The van der Waals surface area contributed by atoms with Crippen LogP contribution in [0.25, 0.3) is 5.76 Å². The number of hydrogen-bond donors (Lipinski definition) is 1. The van der Waals surface area contributed by atoms with Crippen LogP contribution in [0.4, 0.5) is 0 Å². The van der Waals surface area contributed by atoms with Crippen LogP contribution in [0.2, 0.25) is 0 Å². The Balaban J connectivity index is 2.05. The first-order valence-corrected chi connectivity index (χ1v) is 11.2. The summed E-state index contributed by atoms with van der Waals surface area (Å²) < 4.78 is 16.5. The molecular formula is C26H31NO6. The number of aliphatic hydroxyl groups is 1. The van der Waals surface area contributed by atoms with Crippen LogP contribution in [-0.4, -0.2) is 55.2 Å². The van der Waals surface area contributed by atoms with Gasteiger partial charge in [-0.1, -0.05) is 26.0 Å². The minimum absolute atomic E-state index is 0.0472. The van der Waals surface area contributed by atoms with E-state index in [0.29, 0.717) is 35.8 Å². The number of likely N-dealkylation sites (tertiary alicyclic amines) is 1. The molecular weight excluding hydrogens is 422 g/mol. The van der Waals surface area contributed by atoms with Crippen LogP contribution in [0.1, 0.15) is 43.9 Å². The summed E-state index contributed by atoms with van der Waals surface area (Å²) in [4.78, 5) is 27.4. The van der Waals surface area contributed by atoms with E-state index in [1.165, 1.54) is 12.0 Å². The summed E-state index contributed by atoms with van der Waals surface area (Å²) in [7, 11) is 1.53. The van der Waals surface area contributed by atoms with Crippen LogP contribution in [0, 0.1) is 0 Å². The largest absolute Gasteiger partial charge is 0.507 e. The maximum atomic E-state index is 13.0. The third-order valence-electron chi connectivity index (χ3n) is 5.32. The van der Waals surface area contributed by atoms with Crippen molar-refractivity contribution in [3.05, 3.63) is 65.2 Å². The summed E-state index contributed by atoms with van der Waals surface area (Å²) in [5.74, 6) is -0.295. The summed E-state index contributed by atoms with van der Waals surface area (Å²) in [6.45, 7) is 5.66. The number of Topliss-reactive ketones (excluding diaryl/α,β-unsaturated/α-hetero) is 1. The Morgan fingerprint density at radius 3 is 2.24 bits per heavy atom. The van der Waals surface area contributed by atoms with Gasteiger partial charge < -0.3 is 24.2 Å². The Morgan fingerprint density at radius 1 is 0.939 bits per heavy atom. The van der Waals surface area contributed by atoms with Gasteiger partial charge in [0.1, 0.15) is 17.3 Å². The number of carbonyl (C=O) groups is 2. The number of ketones is 1. The number of methoxy groups -OCH3 is 1. The predicted octanol–water partition coefficient (Wildman–Crippen LogP) is 4.33. The fourth-order valence-corrected chi connectivity index (χ4v) is 3.73. The lowest BCUT2D eigenvalue weighted by Gasteiger charge is -2.25. The van der Waals surface area contributed by atoms with Crippen molar-refractivity contribution in [3.63, 3.8) is 0 Å². The molecule has 0 saturated carbocycles. The highest BCUT2D eigenvalue weighted by atomic mass is 16.5. The van der Waals surface area contributed by atoms with Gasteiger partial charge in [0.15, 0.2) is 0 Å². The zero-order valence-corrected chi connectivity index (χ0v) is 19.4. The summed E-state index contributed by atoms with van der Waals surface area (Å²) >= 11 is 0. The number of benzene rings is 2. The molecule has 1 saturated heterocycles. The van der Waals surface area contributed by atoms with Crippen molar-refractivity contribution < 1.29 is 28.9 Å². The molecule has 1 fully saturated rings. The van der Waals surface area contributed by atoms with Gasteiger partial charge in [0, 0.05) is 19.2 Å². The zero-order valence-electron chi connectivity index (χ0n) is 19.4. The standard InChI is InChI=1S/C26H31NO6/c1-4-14-32-20-11-9-18(10-12-20)24(28)22-23(27(13-16-31-3)26(30)25(22)29)19-7-6-8-21(17-19)33-15-5-2/h6-12,17,23,28H,4-5,13-16H2,1-3H3/b24-22+. The van der Waals surface area contributed by atoms with Gasteiger partial charge in [-0.15, -0.1) is 0 Å². The first kappa shape index (κ1) is 24.3. The quantitative estimate of drug-likeness (QED) is 0.310. The second-order valence-electron chi connectivity index (χ2n) is 7.78. The number of aliphatic hydroxyl groups excluding tert-OH is 1. The Morgan fingerprint density at radius 2 is 1.61 bits per heavy atom. The van der Waals surface area contributed by atoms with Gasteiger partial charge in [0.05, 0.1) is 31.4 Å². The molecule has 0 aliphatic carbocycles. The molecule has 7 heteroatoms. The fraction of sp³-hybridized carbons (Fsp3) is 0.385. The second kappa shape index (κ2) is 11.5. The molecule has 3 rings (SSSR count). The summed E-state index contributed by atoms with van der Waals surface area (Å²) in [5.41, 5.74) is 1.17. The highest BCUT2D eigenvalue weighted by Gasteiger charge is 2.46. The smallest absolute Gasteiger partial charge is 0.295 e. The first-order valence-electron chi connectivity index (χ1n) is 11.2. The van der Waals surface area contributed by atoms with Gasteiger partial charge in [0.2, 0.25) is 0 Å². The predicted molar refractivity (Wildman–Crippen MR) is 125 cm³/mol. The second-order valence-corrected chi connectivity index (χ2v) is 7.78. The van der Waals surface area contributed by atoms with Crippen molar-refractivity contribution in [2.75, 3.05) is 33.5 Å². The summed E-state index contributed by atoms with van der Waals surface area (Å²) in [6, 6.07) is 13.4. The molecule has 1 unspecified atom stereocenters. The monoisotopic (exact) mass is 453 g/mol. The van der Waals surface area contributed by atoms with Crippen molar-refractivity contribution in [1.82, 2.24) is 4.90 Å². The van der Waals surface area contributed by atoms with E-state index in [2.05, 4.69) is 0 Å². The van der Waals surface area contributed by atoms with Gasteiger partial charge >= 0.3 is 0 Å². The van der Waals surface area contributed by atoms with Crippen molar-refractivity contribution in [2.45, 2.75) is 32.7 Å². The van der Waals surface area contributed by atoms with E-state index in [0.717, 1.165) is 12.8 Å². The topological polar surface area (TPSA) is 85.3 Å². The number of nitrogens with zero attached hydrogens (tertiary/aromatic N) is 1. The third-order valence-corrected chi connectivity index (χ3v) is 5.32. The van der Waals surface area contributed by atoms with Crippen LogP contribution in [0.5, 0.6) is 11.5 Å². The molecule has 1 atom stereocenters. The highest BCUT2D eigenvalue weighted by molar-refractivity contribution is 6.46. The van der Waals surface area contributed by atoms with Gasteiger partial charge in [-0.25, -0.2) is 0 Å². The fourth-order valence-electron chi connectivity index (χ4n) is 3.73. The van der Waals surface area contributed by atoms with E-state index in [-0.39, 0.29) is 24.5 Å². The molecule has 33 heavy (non-hydrogen) atoms. The molecule has 1 heterocycles. The SMILES string of the molecule is CCCOc1ccc(/C(O)=C2\C(=O)C(=O)N(CCOC)C2c2cccc(OCCC)c2)cc1. The van der Waals surface area contributed by atoms with Gasteiger partial charge in [0.25, 0.3) is 11.7 Å². The number of ether oxygens (including phenoxy) is 3. The van der Waals surface area contributed by atoms with Crippen LogP contribution < -0.4 is 9.47 Å². The molecule has 2 aromatic carbocycles. The molecule has 2 aromatic rings. The Labute approximate surface area is 194 Å². The van der Waals surface area contributed by atoms with Gasteiger partial charge in [-0.2, -0.15) is 0 Å².